The summed E-state index contributed by atoms with van der Waals surface area (Å²) in [6.45, 7) is 6.55. The van der Waals surface area contributed by atoms with Gasteiger partial charge in [0.1, 0.15) is 5.82 Å². The van der Waals surface area contributed by atoms with Gasteiger partial charge in [-0.2, -0.15) is 0 Å². The summed E-state index contributed by atoms with van der Waals surface area (Å²) >= 11 is 0. The second kappa shape index (κ2) is 14.8. The summed E-state index contributed by atoms with van der Waals surface area (Å²) in [6.07, 6.45) is 16.2. The lowest BCUT2D eigenvalue weighted by Gasteiger charge is -2.30. The van der Waals surface area contributed by atoms with Crippen LogP contribution in [0.15, 0.2) is 61.1 Å². The number of carbonyl (C=O) groups excluding carboxylic acids is 1. The van der Waals surface area contributed by atoms with Crippen LogP contribution in [0.4, 0.5) is 5.82 Å². The highest BCUT2D eigenvalue weighted by Gasteiger charge is 2.22. The van der Waals surface area contributed by atoms with Crippen molar-refractivity contribution >= 4 is 17.2 Å². The Balaban J connectivity index is 1.14. The van der Waals surface area contributed by atoms with Crippen molar-refractivity contribution in [1.29, 1.82) is 0 Å². The van der Waals surface area contributed by atoms with E-state index in [0.717, 1.165) is 124 Å². The number of aryl methyl sites for hydroxylation is 2. The minimum Gasteiger partial charge on any atom is -0.393 e. The standard InChI is InChI=1S/C38H48N4O3/c1-27-4-2-6-30-9-10-31(32-21-29(23-39-25-32)26-41-16-12-33(43)13-17-41)22-35(30)36(20-27)37(45)7-3-5-28-8-11-38(40-24-28)42-18-14-34(44)15-19-42/h8-11,20-25,27,33-34,43-44H,2-7,12-19,26H2,1H3/b36-20+. The van der Waals surface area contributed by atoms with Crippen LogP contribution in [0.3, 0.4) is 0 Å². The number of nitrogens with zero attached hydrogens (tertiary/aromatic N) is 4. The van der Waals surface area contributed by atoms with Crippen LogP contribution in [0.2, 0.25) is 0 Å². The van der Waals surface area contributed by atoms with Crippen molar-refractivity contribution in [1.82, 2.24) is 14.9 Å². The molecule has 4 heterocycles. The van der Waals surface area contributed by atoms with Gasteiger partial charge >= 0.3 is 0 Å². The number of aromatic nitrogens is 2. The van der Waals surface area contributed by atoms with Gasteiger partial charge in [0.15, 0.2) is 5.78 Å². The van der Waals surface area contributed by atoms with Crippen molar-refractivity contribution in [3.05, 3.63) is 83.3 Å². The van der Waals surface area contributed by atoms with Gasteiger partial charge in [-0.25, -0.2) is 4.98 Å². The number of rotatable bonds is 9. The van der Waals surface area contributed by atoms with Crippen LogP contribution in [0.25, 0.3) is 16.7 Å². The Morgan fingerprint density at radius 1 is 0.867 bits per heavy atom. The highest BCUT2D eigenvalue weighted by atomic mass is 16.3. The fourth-order valence-electron chi connectivity index (χ4n) is 7.04. The Hall–Kier alpha value is -3.39. The van der Waals surface area contributed by atoms with Crippen LogP contribution in [0, 0.1) is 5.92 Å². The van der Waals surface area contributed by atoms with E-state index < -0.39 is 0 Å². The molecule has 2 aromatic heterocycles. The van der Waals surface area contributed by atoms with E-state index in [1.54, 1.807) is 0 Å². The minimum absolute atomic E-state index is 0.174. The van der Waals surface area contributed by atoms with Crippen LogP contribution in [-0.2, 0) is 24.2 Å². The molecule has 2 saturated heterocycles. The number of allylic oxidation sites excluding steroid dienone is 2. The van der Waals surface area contributed by atoms with E-state index in [0.29, 0.717) is 12.3 Å². The largest absolute Gasteiger partial charge is 0.393 e. The number of fused-ring (bicyclic) bond motifs is 1. The van der Waals surface area contributed by atoms with Gasteiger partial charge < -0.3 is 15.1 Å². The SMILES string of the molecule is CC1/C=C(/C(=O)CCCc2ccc(N3CCC(O)CC3)nc2)c2cc(-c3cncc(CN4CCC(O)CC4)c3)ccc2CCC1. The first kappa shape index (κ1) is 31.6. The molecule has 0 radical (unpaired) electrons. The molecule has 2 aliphatic heterocycles. The number of aliphatic hydroxyl groups is 2. The lowest BCUT2D eigenvalue weighted by atomic mass is 9.84. The van der Waals surface area contributed by atoms with Crippen LogP contribution in [-0.4, -0.2) is 69.3 Å². The van der Waals surface area contributed by atoms with Crippen molar-refractivity contribution in [3.63, 3.8) is 0 Å². The molecule has 1 unspecified atom stereocenters. The third kappa shape index (κ3) is 8.26. The fourth-order valence-corrected chi connectivity index (χ4v) is 7.04. The summed E-state index contributed by atoms with van der Waals surface area (Å²) in [6, 6.07) is 13.1. The molecule has 3 aliphatic rings. The summed E-state index contributed by atoms with van der Waals surface area (Å²) in [5.41, 5.74) is 7.70. The van der Waals surface area contributed by atoms with E-state index in [4.69, 9.17) is 0 Å². The number of pyridine rings is 2. The number of anilines is 1. The molecule has 7 nitrogen and oxygen atoms in total. The van der Waals surface area contributed by atoms with Gasteiger partial charge in [-0.1, -0.05) is 31.2 Å². The zero-order valence-electron chi connectivity index (χ0n) is 26.7. The quantitative estimate of drug-likeness (QED) is 0.308. The van der Waals surface area contributed by atoms with Crippen molar-refractivity contribution < 1.29 is 15.0 Å². The Kier molecular flexibility index (Phi) is 10.4. The average molecular weight is 609 g/mol. The highest BCUT2D eigenvalue weighted by molar-refractivity contribution is 6.21. The Morgan fingerprint density at radius 3 is 2.40 bits per heavy atom. The maximum Gasteiger partial charge on any atom is 0.163 e. The van der Waals surface area contributed by atoms with E-state index in [1.807, 2.05) is 18.6 Å². The van der Waals surface area contributed by atoms with Gasteiger partial charge in [0, 0.05) is 68.9 Å². The maximum atomic E-state index is 13.8. The van der Waals surface area contributed by atoms with Crippen LogP contribution in [0.5, 0.6) is 0 Å². The van der Waals surface area contributed by atoms with E-state index in [1.165, 1.54) is 11.1 Å². The summed E-state index contributed by atoms with van der Waals surface area (Å²) < 4.78 is 0. The Bertz CT molecular complexity index is 1470. The zero-order valence-corrected chi connectivity index (χ0v) is 26.7. The zero-order chi connectivity index (χ0) is 31.2. The molecular formula is C38H48N4O3. The normalized spacial score (nSPS) is 21.4. The van der Waals surface area contributed by atoms with Gasteiger partial charge in [0.05, 0.1) is 12.2 Å². The monoisotopic (exact) mass is 608 g/mol. The Morgan fingerprint density at radius 2 is 1.64 bits per heavy atom. The van der Waals surface area contributed by atoms with Gasteiger partial charge in [-0.3, -0.25) is 14.7 Å². The third-order valence-electron chi connectivity index (χ3n) is 9.82. The van der Waals surface area contributed by atoms with E-state index in [-0.39, 0.29) is 18.0 Å². The predicted octanol–water partition coefficient (Wildman–Crippen LogP) is 6.01. The minimum atomic E-state index is -0.192. The first-order chi connectivity index (χ1) is 21.9. The van der Waals surface area contributed by atoms with Gasteiger partial charge in [-0.05, 0) is 110 Å². The molecule has 2 N–H and O–H groups in total. The third-order valence-corrected chi connectivity index (χ3v) is 9.82. The van der Waals surface area contributed by atoms with E-state index in [9.17, 15) is 15.0 Å². The summed E-state index contributed by atoms with van der Waals surface area (Å²) in [5, 5.41) is 19.7. The number of hydrogen-bond acceptors (Lipinski definition) is 7. The molecule has 0 saturated carbocycles. The molecule has 0 bridgehead atoms. The number of ketones is 1. The number of hydrogen-bond donors (Lipinski definition) is 2. The molecule has 3 aromatic rings. The van der Waals surface area contributed by atoms with Gasteiger partial charge in [-0.15, -0.1) is 0 Å². The molecule has 0 amide bonds. The maximum absolute atomic E-state index is 13.8. The number of Topliss-reactive ketones (excluding diaryl/α,β-unsaturated/α-hetero) is 1. The molecular weight excluding hydrogens is 560 g/mol. The molecule has 2 fully saturated rings. The second-order valence-electron chi connectivity index (χ2n) is 13.4. The van der Waals surface area contributed by atoms with Gasteiger partial charge in [0.25, 0.3) is 0 Å². The predicted molar refractivity (Wildman–Crippen MR) is 180 cm³/mol. The lowest BCUT2D eigenvalue weighted by Crippen LogP contribution is -2.36. The summed E-state index contributed by atoms with van der Waals surface area (Å²) in [5.74, 6) is 1.55. The molecule has 1 aliphatic carbocycles. The van der Waals surface area contributed by atoms with Crippen LogP contribution in [0.1, 0.15) is 80.5 Å². The molecule has 45 heavy (non-hydrogen) atoms. The number of benzene rings is 1. The van der Waals surface area contributed by atoms with Crippen LogP contribution < -0.4 is 4.90 Å². The second-order valence-corrected chi connectivity index (χ2v) is 13.4. The molecule has 7 heteroatoms. The molecule has 6 rings (SSSR count). The first-order valence-corrected chi connectivity index (χ1v) is 17.0. The highest BCUT2D eigenvalue weighted by Crippen LogP contribution is 2.33. The number of likely N-dealkylation sites (tertiary alicyclic amines) is 1. The molecule has 1 atom stereocenters. The molecule has 1 aromatic carbocycles. The number of aliphatic hydroxyl groups excluding tert-OH is 2. The lowest BCUT2D eigenvalue weighted by molar-refractivity contribution is -0.113. The Labute approximate surface area is 268 Å². The fraction of sp³-hybridized carbons (Fsp3) is 0.500. The van der Waals surface area contributed by atoms with Crippen molar-refractivity contribution in [2.45, 2.75) is 89.9 Å². The van der Waals surface area contributed by atoms with Crippen LogP contribution >= 0.6 is 0 Å². The van der Waals surface area contributed by atoms with E-state index in [2.05, 4.69) is 69.2 Å². The average Bonchev–Trinajstić information content (AvgIpc) is 3.05. The van der Waals surface area contributed by atoms with E-state index >= 15 is 0 Å². The molecule has 238 valence electrons. The molecule has 0 spiro atoms. The summed E-state index contributed by atoms with van der Waals surface area (Å²) in [7, 11) is 0. The van der Waals surface area contributed by atoms with Crippen molar-refractivity contribution in [2.75, 3.05) is 31.1 Å². The van der Waals surface area contributed by atoms with Crippen molar-refractivity contribution in [3.8, 4) is 11.1 Å². The topological polar surface area (TPSA) is 89.8 Å². The van der Waals surface area contributed by atoms with Gasteiger partial charge in [0.2, 0.25) is 0 Å². The summed E-state index contributed by atoms with van der Waals surface area (Å²) in [4.78, 5) is 27.7. The van der Waals surface area contributed by atoms with Crippen molar-refractivity contribution in [2.24, 2.45) is 5.92 Å². The first-order valence-electron chi connectivity index (χ1n) is 17.0. The number of carbonyl (C=O) groups is 1. The number of piperidine rings is 2. The smallest absolute Gasteiger partial charge is 0.163 e.